The molecule has 0 spiro atoms. The standard InChI is InChI=1S/C15H20N2O2S/c1-3-20(19)10-9-17-15(18)14-7-6-13(5-4-8-16)12(2)11-14/h6-7,11H,3,8-10,16H2,1-2H3,(H,17,18). The predicted octanol–water partition coefficient (Wildman–Crippen LogP) is 0.804. The van der Waals surface area contributed by atoms with E-state index in [0.29, 0.717) is 30.2 Å². The van der Waals surface area contributed by atoms with Crippen molar-refractivity contribution in [1.29, 1.82) is 0 Å². The molecule has 0 bridgehead atoms. The Morgan fingerprint density at radius 2 is 2.20 bits per heavy atom. The van der Waals surface area contributed by atoms with Crippen LogP contribution in [0.2, 0.25) is 0 Å². The van der Waals surface area contributed by atoms with Gasteiger partial charge in [-0.1, -0.05) is 18.8 Å². The van der Waals surface area contributed by atoms with Gasteiger partial charge in [-0.25, -0.2) is 0 Å². The van der Waals surface area contributed by atoms with E-state index in [0.717, 1.165) is 11.1 Å². The monoisotopic (exact) mass is 292 g/mol. The molecule has 1 amide bonds. The lowest BCUT2D eigenvalue weighted by molar-refractivity contribution is 0.0956. The summed E-state index contributed by atoms with van der Waals surface area (Å²) in [6.45, 7) is 4.51. The highest BCUT2D eigenvalue weighted by Gasteiger charge is 2.07. The molecule has 3 N–H and O–H groups in total. The van der Waals surface area contributed by atoms with Crippen LogP contribution in [0, 0.1) is 18.8 Å². The fourth-order valence-corrected chi connectivity index (χ4v) is 2.23. The molecule has 1 unspecified atom stereocenters. The molecule has 0 aliphatic rings. The van der Waals surface area contributed by atoms with Gasteiger partial charge in [0.05, 0.1) is 6.54 Å². The summed E-state index contributed by atoms with van der Waals surface area (Å²) in [5.74, 6) is 6.70. The van der Waals surface area contributed by atoms with E-state index < -0.39 is 10.8 Å². The summed E-state index contributed by atoms with van der Waals surface area (Å²) in [6.07, 6.45) is 0. The number of nitrogens with one attached hydrogen (secondary N) is 1. The zero-order chi connectivity index (χ0) is 15.0. The van der Waals surface area contributed by atoms with Gasteiger partial charge in [0.15, 0.2) is 0 Å². The third-order valence-corrected chi connectivity index (χ3v) is 4.05. The number of hydrogen-bond donors (Lipinski definition) is 2. The number of carbonyl (C=O) groups is 1. The maximum atomic E-state index is 11.9. The molecule has 0 fully saturated rings. The minimum atomic E-state index is -0.857. The van der Waals surface area contributed by atoms with Gasteiger partial charge in [0.1, 0.15) is 0 Å². The number of aryl methyl sites for hydroxylation is 1. The summed E-state index contributed by atoms with van der Waals surface area (Å²) in [5.41, 5.74) is 7.73. The maximum Gasteiger partial charge on any atom is 0.251 e. The Morgan fingerprint density at radius 1 is 1.45 bits per heavy atom. The first-order valence-corrected chi connectivity index (χ1v) is 8.00. The molecule has 4 nitrogen and oxygen atoms in total. The van der Waals surface area contributed by atoms with Crippen LogP contribution in [-0.4, -0.2) is 34.7 Å². The SMILES string of the molecule is CCS(=O)CCNC(=O)c1ccc(C#CCN)c(C)c1. The third-order valence-electron chi connectivity index (χ3n) is 2.75. The Bertz CT molecular complexity index is 559. The smallest absolute Gasteiger partial charge is 0.251 e. The second kappa shape index (κ2) is 8.51. The summed E-state index contributed by atoms with van der Waals surface area (Å²) in [4.78, 5) is 11.9. The van der Waals surface area contributed by atoms with E-state index in [2.05, 4.69) is 17.2 Å². The topological polar surface area (TPSA) is 72.2 Å². The lowest BCUT2D eigenvalue weighted by Crippen LogP contribution is -2.28. The van der Waals surface area contributed by atoms with Crippen LogP contribution in [0.4, 0.5) is 0 Å². The largest absolute Gasteiger partial charge is 0.351 e. The zero-order valence-corrected chi connectivity index (χ0v) is 12.7. The van der Waals surface area contributed by atoms with Crippen molar-refractivity contribution in [3.05, 3.63) is 34.9 Å². The minimum Gasteiger partial charge on any atom is -0.351 e. The second-order valence-electron chi connectivity index (χ2n) is 4.22. The van der Waals surface area contributed by atoms with Gasteiger partial charge < -0.3 is 11.1 Å². The van der Waals surface area contributed by atoms with Gasteiger partial charge in [-0.3, -0.25) is 9.00 Å². The molecular weight excluding hydrogens is 272 g/mol. The van der Waals surface area contributed by atoms with E-state index in [-0.39, 0.29) is 5.91 Å². The molecule has 5 heteroatoms. The minimum absolute atomic E-state index is 0.153. The molecule has 1 atom stereocenters. The van der Waals surface area contributed by atoms with Crippen molar-refractivity contribution in [2.24, 2.45) is 5.73 Å². The van der Waals surface area contributed by atoms with Gasteiger partial charge in [-0.05, 0) is 30.7 Å². The summed E-state index contributed by atoms with van der Waals surface area (Å²) in [7, 11) is -0.857. The third kappa shape index (κ3) is 5.16. The average Bonchev–Trinajstić information content (AvgIpc) is 2.45. The molecule has 108 valence electrons. The molecule has 1 aromatic carbocycles. The van der Waals surface area contributed by atoms with Crippen LogP contribution < -0.4 is 11.1 Å². The molecule has 0 radical (unpaired) electrons. The van der Waals surface area contributed by atoms with Crippen LogP contribution in [0.25, 0.3) is 0 Å². The van der Waals surface area contributed by atoms with Crippen molar-refractivity contribution in [2.75, 3.05) is 24.6 Å². The molecule has 0 aliphatic heterocycles. The second-order valence-corrected chi connectivity index (χ2v) is 6.09. The Hall–Kier alpha value is -1.64. The zero-order valence-electron chi connectivity index (χ0n) is 11.9. The van der Waals surface area contributed by atoms with Gasteiger partial charge in [0, 0.05) is 40.0 Å². The number of amides is 1. The first-order valence-electron chi connectivity index (χ1n) is 6.51. The number of carbonyl (C=O) groups excluding carboxylic acids is 1. The fourth-order valence-electron chi connectivity index (χ4n) is 1.62. The van der Waals surface area contributed by atoms with Crippen molar-refractivity contribution in [1.82, 2.24) is 5.32 Å². The van der Waals surface area contributed by atoms with Crippen LogP contribution in [0.15, 0.2) is 18.2 Å². The van der Waals surface area contributed by atoms with Crippen molar-refractivity contribution in [2.45, 2.75) is 13.8 Å². The molecule has 0 aromatic heterocycles. The van der Waals surface area contributed by atoms with E-state index in [4.69, 9.17) is 5.73 Å². The Morgan fingerprint density at radius 3 is 2.80 bits per heavy atom. The first kappa shape index (κ1) is 16.4. The van der Waals surface area contributed by atoms with E-state index in [9.17, 15) is 9.00 Å². The van der Waals surface area contributed by atoms with E-state index >= 15 is 0 Å². The summed E-state index contributed by atoms with van der Waals surface area (Å²) >= 11 is 0. The van der Waals surface area contributed by atoms with Crippen LogP contribution in [0.5, 0.6) is 0 Å². The molecule has 1 rings (SSSR count). The highest BCUT2D eigenvalue weighted by molar-refractivity contribution is 7.84. The van der Waals surface area contributed by atoms with Gasteiger partial charge in [-0.15, -0.1) is 0 Å². The van der Waals surface area contributed by atoms with Gasteiger partial charge in [0.2, 0.25) is 0 Å². The average molecular weight is 292 g/mol. The van der Waals surface area contributed by atoms with Crippen molar-refractivity contribution < 1.29 is 9.00 Å². The number of benzene rings is 1. The molecular formula is C15H20N2O2S. The van der Waals surface area contributed by atoms with Gasteiger partial charge in [0.25, 0.3) is 5.91 Å². The molecule has 0 saturated carbocycles. The van der Waals surface area contributed by atoms with Crippen molar-refractivity contribution >= 4 is 16.7 Å². The fraction of sp³-hybridized carbons (Fsp3) is 0.400. The first-order chi connectivity index (χ1) is 9.58. The van der Waals surface area contributed by atoms with Crippen LogP contribution >= 0.6 is 0 Å². The quantitative estimate of drug-likeness (QED) is 0.789. The van der Waals surface area contributed by atoms with Crippen LogP contribution in [0.1, 0.15) is 28.4 Å². The van der Waals surface area contributed by atoms with Crippen molar-refractivity contribution in [3.63, 3.8) is 0 Å². The molecule has 20 heavy (non-hydrogen) atoms. The predicted molar refractivity (Wildman–Crippen MR) is 83.0 cm³/mol. The van der Waals surface area contributed by atoms with Crippen molar-refractivity contribution in [3.8, 4) is 11.8 Å². The molecule has 1 aromatic rings. The Balaban J connectivity index is 2.65. The highest BCUT2D eigenvalue weighted by Crippen LogP contribution is 2.10. The van der Waals surface area contributed by atoms with Crippen LogP contribution in [0.3, 0.4) is 0 Å². The molecule has 0 saturated heterocycles. The highest BCUT2D eigenvalue weighted by atomic mass is 32.2. The summed E-state index contributed by atoms with van der Waals surface area (Å²) < 4.78 is 11.3. The Labute approximate surface area is 122 Å². The number of nitrogens with two attached hydrogens (primary N) is 1. The number of rotatable bonds is 5. The maximum absolute atomic E-state index is 11.9. The van der Waals surface area contributed by atoms with E-state index in [1.807, 2.05) is 19.9 Å². The Kier molecular flexibility index (Phi) is 6.99. The van der Waals surface area contributed by atoms with E-state index in [1.54, 1.807) is 12.1 Å². The lowest BCUT2D eigenvalue weighted by Gasteiger charge is -2.06. The summed E-state index contributed by atoms with van der Waals surface area (Å²) in [6, 6.07) is 5.35. The van der Waals surface area contributed by atoms with Gasteiger partial charge >= 0.3 is 0 Å². The normalized spacial score (nSPS) is 11.3. The van der Waals surface area contributed by atoms with E-state index in [1.165, 1.54) is 0 Å². The molecule has 0 aliphatic carbocycles. The summed E-state index contributed by atoms with van der Waals surface area (Å²) in [5, 5.41) is 2.77. The van der Waals surface area contributed by atoms with Crippen LogP contribution in [-0.2, 0) is 10.8 Å². The van der Waals surface area contributed by atoms with Gasteiger partial charge in [-0.2, -0.15) is 0 Å². The lowest BCUT2D eigenvalue weighted by atomic mass is 10.0. The number of hydrogen-bond acceptors (Lipinski definition) is 3. The molecule has 0 heterocycles.